The summed E-state index contributed by atoms with van der Waals surface area (Å²) in [6.07, 6.45) is 0. The fourth-order valence-corrected chi connectivity index (χ4v) is 1.91. The van der Waals surface area contributed by atoms with Crippen LogP contribution in [0.4, 0.5) is 5.69 Å². The summed E-state index contributed by atoms with van der Waals surface area (Å²) in [6, 6.07) is 7.21. The normalized spacial score (nSPS) is 10.1. The van der Waals surface area contributed by atoms with Gasteiger partial charge >= 0.3 is 6.01 Å². The average Bonchev–Trinajstić information content (AvgIpc) is 2.50. The van der Waals surface area contributed by atoms with Crippen molar-refractivity contribution in [3.8, 4) is 11.8 Å². The number of ether oxygens (including phenoxy) is 2. The number of hydrogen-bond donors (Lipinski definition) is 1. The van der Waals surface area contributed by atoms with Crippen molar-refractivity contribution in [2.45, 2.75) is 13.8 Å². The minimum Gasteiger partial charge on any atom is -0.497 e. The molecule has 0 aliphatic heterocycles. The van der Waals surface area contributed by atoms with E-state index in [9.17, 15) is 4.79 Å². The zero-order chi connectivity index (χ0) is 15.4. The number of anilines is 1. The highest BCUT2D eigenvalue weighted by atomic mass is 16.5. The first kappa shape index (κ1) is 14.8. The highest BCUT2D eigenvalue weighted by Crippen LogP contribution is 2.21. The third-order valence-electron chi connectivity index (χ3n) is 3.00. The van der Waals surface area contributed by atoms with Gasteiger partial charge in [0.15, 0.2) is 0 Å². The number of aromatic nitrogens is 2. The topological polar surface area (TPSA) is 73.3 Å². The second-order valence-corrected chi connectivity index (χ2v) is 4.44. The zero-order valence-electron chi connectivity index (χ0n) is 12.4. The molecule has 0 fully saturated rings. The van der Waals surface area contributed by atoms with E-state index in [0.717, 1.165) is 0 Å². The lowest BCUT2D eigenvalue weighted by molar-refractivity contribution is 0.102. The molecule has 0 saturated heterocycles. The Morgan fingerprint density at radius 2 is 1.76 bits per heavy atom. The van der Waals surface area contributed by atoms with Crippen molar-refractivity contribution >= 4 is 11.6 Å². The molecule has 6 heteroatoms. The lowest BCUT2D eigenvalue weighted by Gasteiger charge is -2.12. The Kier molecular flexibility index (Phi) is 4.37. The molecule has 0 radical (unpaired) electrons. The highest BCUT2D eigenvalue weighted by Gasteiger charge is 2.13. The van der Waals surface area contributed by atoms with Gasteiger partial charge < -0.3 is 14.8 Å². The van der Waals surface area contributed by atoms with Crippen molar-refractivity contribution in [1.29, 1.82) is 0 Å². The van der Waals surface area contributed by atoms with Crippen LogP contribution in [0, 0.1) is 13.8 Å². The molecule has 21 heavy (non-hydrogen) atoms. The number of benzene rings is 1. The van der Waals surface area contributed by atoms with E-state index < -0.39 is 0 Å². The Bertz CT molecular complexity index is 648. The smallest absolute Gasteiger partial charge is 0.316 e. The van der Waals surface area contributed by atoms with Crippen molar-refractivity contribution in [2.75, 3.05) is 19.5 Å². The van der Waals surface area contributed by atoms with Gasteiger partial charge in [-0.05, 0) is 32.0 Å². The van der Waals surface area contributed by atoms with Gasteiger partial charge in [-0.2, -0.15) is 9.97 Å². The average molecular weight is 287 g/mol. The van der Waals surface area contributed by atoms with Crippen LogP contribution in [0.15, 0.2) is 24.3 Å². The van der Waals surface area contributed by atoms with Gasteiger partial charge in [0.05, 0.1) is 31.3 Å². The first-order valence-electron chi connectivity index (χ1n) is 6.39. The van der Waals surface area contributed by atoms with E-state index in [4.69, 9.17) is 9.47 Å². The summed E-state index contributed by atoms with van der Waals surface area (Å²) in [5.41, 5.74) is 2.39. The number of methoxy groups -OCH3 is 2. The maximum Gasteiger partial charge on any atom is 0.316 e. The summed E-state index contributed by atoms with van der Waals surface area (Å²) < 4.78 is 10.1. The van der Waals surface area contributed by atoms with Crippen LogP contribution in [-0.4, -0.2) is 30.1 Å². The van der Waals surface area contributed by atoms with Crippen LogP contribution in [0.1, 0.15) is 21.7 Å². The van der Waals surface area contributed by atoms with Crippen LogP contribution in [0.2, 0.25) is 0 Å². The molecule has 1 aromatic heterocycles. The standard InChI is InChI=1S/C15H17N3O3/c1-9-13(10(2)17-15(16-9)21-4)18-14(19)11-6-5-7-12(8-11)20-3/h5-8H,1-4H3,(H,18,19). The highest BCUT2D eigenvalue weighted by molar-refractivity contribution is 6.05. The summed E-state index contributed by atoms with van der Waals surface area (Å²) in [5.74, 6) is 0.385. The molecule has 1 amide bonds. The first-order chi connectivity index (χ1) is 10.0. The molecular weight excluding hydrogens is 270 g/mol. The van der Waals surface area contributed by atoms with Gasteiger partial charge in [-0.15, -0.1) is 0 Å². The summed E-state index contributed by atoms with van der Waals surface area (Å²) in [5, 5.41) is 2.82. The maximum absolute atomic E-state index is 12.3. The van der Waals surface area contributed by atoms with Gasteiger partial charge in [0.1, 0.15) is 5.75 Å². The van der Waals surface area contributed by atoms with Crippen LogP contribution >= 0.6 is 0 Å². The Morgan fingerprint density at radius 1 is 1.10 bits per heavy atom. The number of nitrogens with zero attached hydrogens (tertiary/aromatic N) is 2. The maximum atomic E-state index is 12.3. The molecular formula is C15H17N3O3. The first-order valence-corrected chi connectivity index (χ1v) is 6.39. The van der Waals surface area contributed by atoms with Crippen molar-refractivity contribution in [1.82, 2.24) is 9.97 Å². The van der Waals surface area contributed by atoms with E-state index in [2.05, 4.69) is 15.3 Å². The Labute approximate surface area is 123 Å². The van der Waals surface area contributed by atoms with Crippen molar-refractivity contribution in [2.24, 2.45) is 0 Å². The van der Waals surface area contributed by atoms with Crippen LogP contribution in [0.5, 0.6) is 11.8 Å². The fraction of sp³-hybridized carbons (Fsp3) is 0.267. The fourth-order valence-electron chi connectivity index (χ4n) is 1.91. The van der Waals surface area contributed by atoms with Gasteiger partial charge in [0.2, 0.25) is 0 Å². The molecule has 0 unspecified atom stereocenters. The molecule has 110 valence electrons. The molecule has 6 nitrogen and oxygen atoms in total. The van der Waals surface area contributed by atoms with E-state index in [0.29, 0.717) is 28.4 Å². The Morgan fingerprint density at radius 3 is 2.33 bits per heavy atom. The van der Waals surface area contributed by atoms with Crippen molar-refractivity contribution in [3.05, 3.63) is 41.2 Å². The van der Waals surface area contributed by atoms with Crippen molar-refractivity contribution in [3.63, 3.8) is 0 Å². The van der Waals surface area contributed by atoms with Crippen LogP contribution < -0.4 is 14.8 Å². The van der Waals surface area contributed by atoms with Gasteiger partial charge in [0, 0.05) is 5.56 Å². The van der Waals surface area contributed by atoms with E-state index in [1.807, 2.05) is 0 Å². The third-order valence-corrected chi connectivity index (χ3v) is 3.00. The molecule has 2 rings (SSSR count). The van der Waals surface area contributed by atoms with Gasteiger partial charge in [-0.25, -0.2) is 0 Å². The lowest BCUT2D eigenvalue weighted by atomic mass is 10.2. The number of nitrogens with one attached hydrogen (secondary N) is 1. The van der Waals surface area contributed by atoms with Crippen LogP contribution in [0.25, 0.3) is 0 Å². The molecule has 0 bridgehead atoms. The van der Waals surface area contributed by atoms with E-state index in [1.54, 1.807) is 45.2 Å². The Hall–Kier alpha value is -2.63. The van der Waals surface area contributed by atoms with Gasteiger partial charge in [-0.1, -0.05) is 6.07 Å². The predicted molar refractivity (Wildman–Crippen MR) is 79.0 cm³/mol. The summed E-state index contributed by atoms with van der Waals surface area (Å²) in [7, 11) is 3.06. The monoisotopic (exact) mass is 287 g/mol. The molecule has 0 aliphatic carbocycles. The molecule has 1 N–H and O–H groups in total. The molecule has 2 aromatic rings. The molecule has 0 saturated carbocycles. The molecule has 1 heterocycles. The van der Waals surface area contributed by atoms with E-state index >= 15 is 0 Å². The summed E-state index contributed by atoms with van der Waals surface area (Å²) >= 11 is 0. The van der Waals surface area contributed by atoms with Gasteiger partial charge in [0.25, 0.3) is 5.91 Å². The number of carbonyl (C=O) groups is 1. The van der Waals surface area contributed by atoms with Gasteiger partial charge in [-0.3, -0.25) is 4.79 Å². The predicted octanol–water partition coefficient (Wildman–Crippen LogP) is 2.36. The second kappa shape index (κ2) is 6.21. The molecule has 0 spiro atoms. The summed E-state index contributed by atoms with van der Waals surface area (Å²) in [6.45, 7) is 3.58. The minimum absolute atomic E-state index is 0.242. The van der Waals surface area contributed by atoms with Crippen LogP contribution in [0.3, 0.4) is 0 Å². The SMILES string of the molecule is COc1cccc(C(=O)Nc2c(C)nc(OC)nc2C)c1. The molecule has 0 atom stereocenters. The van der Waals surface area contributed by atoms with E-state index in [-0.39, 0.29) is 11.9 Å². The van der Waals surface area contributed by atoms with E-state index in [1.165, 1.54) is 7.11 Å². The number of hydrogen-bond acceptors (Lipinski definition) is 5. The minimum atomic E-state index is -0.242. The second-order valence-electron chi connectivity index (χ2n) is 4.44. The number of rotatable bonds is 4. The number of carbonyl (C=O) groups excluding carboxylic acids is 1. The van der Waals surface area contributed by atoms with Crippen molar-refractivity contribution < 1.29 is 14.3 Å². The van der Waals surface area contributed by atoms with Crippen LogP contribution in [-0.2, 0) is 0 Å². The largest absolute Gasteiger partial charge is 0.497 e. The lowest BCUT2D eigenvalue weighted by Crippen LogP contribution is -2.15. The molecule has 0 aliphatic rings. The zero-order valence-corrected chi connectivity index (χ0v) is 12.4. The number of amides is 1. The Balaban J connectivity index is 2.27. The molecule has 1 aromatic carbocycles. The third kappa shape index (κ3) is 3.28. The quantitative estimate of drug-likeness (QED) is 0.934. The summed E-state index contributed by atoms with van der Waals surface area (Å²) in [4.78, 5) is 20.6. The number of aryl methyl sites for hydroxylation is 2.